The molecule has 4 heteroatoms. The molecule has 17 heavy (non-hydrogen) atoms. The van der Waals surface area contributed by atoms with Gasteiger partial charge in [-0.25, -0.2) is 0 Å². The molecule has 0 bridgehead atoms. The fraction of sp³-hybridized carbons (Fsp3) is 1.00. The number of likely N-dealkylation sites (N-methyl/N-ethyl adjacent to an activating group) is 1. The van der Waals surface area contributed by atoms with Gasteiger partial charge in [0.25, 0.3) is 0 Å². The van der Waals surface area contributed by atoms with Crippen LogP contribution in [0.1, 0.15) is 25.7 Å². The zero-order valence-corrected chi connectivity index (χ0v) is 11.2. The van der Waals surface area contributed by atoms with Gasteiger partial charge in [0.2, 0.25) is 0 Å². The summed E-state index contributed by atoms with van der Waals surface area (Å²) in [5.41, 5.74) is 5.12. The molecule has 3 N–H and O–H groups in total. The van der Waals surface area contributed by atoms with Crippen LogP contribution in [0.15, 0.2) is 0 Å². The molecule has 1 aliphatic heterocycles. The average Bonchev–Trinajstić information content (AvgIpc) is 3.13. The summed E-state index contributed by atoms with van der Waals surface area (Å²) in [6, 6.07) is 0.614. The SMILES string of the molecule is CN1CCC(N(C)CC(O)(CN)C2CC2)CC1. The van der Waals surface area contributed by atoms with Crippen LogP contribution in [0, 0.1) is 5.92 Å². The van der Waals surface area contributed by atoms with E-state index in [1.807, 2.05) is 0 Å². The molecule has 0 aromatic carbocycles. The molecule has 1 unspecified atom stereocenters. The zero-order valence-electron chi connectivity index (χ0n) is 11.2. The molecule has 2 fully saturated rings. The highest BCUT2D eigenvalue weighted by atomic mass is 16.3. The lowest BCUT2D eigenvalue weighted by molar-refractivity contribution is -0.0181. The van der Waals surface area contributed by atoms with Crippen molar-refractivity contribution in [2.45, 2.75) is 37.3 Å². The van der Waals surface area contributed by atoms with E-state index in [1.165, 1.54) is 25.9 Å². The topological polar surface area (TPSA) is 52.7 Å². The maximum atomic E-state index is 10.5. The first kappa shape index (κ1) is 13.3. The fourth-order valence-electron chi connectivity index (χ4n) is 2.98. The van der Waals surface area contributed by atoms with Crippen molar-refractivity contribution in [1.29, 1.82) is 0 Å². The first-order valence-electron chi connectivity index (χ1n) is 6.86. The molecule has 1 atom stereocenters. The second-order valence-electron chi connectivity index (χ2n) is 6.03. The Kier molecular flexibility index (Phi) is 4.08. The van der Waals surface area contributed by atoms with Gasteiger partial charge in [0, 0.05) is 19.1 Å². The standard InChI is InChI=1S/C13H27N3O/c1-15-7-5-12(6-8-15)16(2)10-13(17,9-14)11-3-4-11/h11-12,17H,3-10,14H2,1-2H3. The number of nitrogens with zero attached hydrogens (tertiary/aromatic N) is 2. The van der Waals surface area contributed by atoms with E-state index in [0.29, 0.717) is 18.5 Å². The highest BCUT2D eigenvalue weighted by molar-refractivity contribution is 4.98. The lowest BCUT2D eigenvalue weighted by Crippen LogP contribution is -2.53. The average molecular weight is 241 g/mol. The smallest absolute Gasteiger partial charge is 0.0923 e. The Hall–Kier alpha value is -0.160. The molecule has 0 aromatic heterocycles. The van der Waals surface area contributed by atoms with Crippen molar-refractivity contribution in [3.05, 3.63) is 0 Å². The number of aliphatic hydroxyl groups is 1. The predicted molar refractivity (Wildman–Crippen MR) is 69.9 cm³/mol. The molecular formula is C13H27N3O. The van der Waals surface area contributed by atoms with Crippen molar-refractivity contribution in [2.24, 2.45) is 11.7 Å². The molecule has 2 rings (SSSR count). The van der Waals surface area contributed by atoms with Gasteiger partial charge in [0.15, 0.2) is 0 Å². The molecule has 100 valence electrons. The Labute approximate surface area is 105 Å². The van der Waals surface area contributed by atoms with Gasteiger partial charge in [-0.3, -0.25) is 0 Å². The van der Waals surface area contributed by atoms with Crippen molar-refractivity contribution in [2.75, 3.05) is 40.3 Å². The van der Waals surface area contributed by atoms with E-state index in [-0.39, 0.29) is 0 Å². The number of hydrogen-bond donors (Lipinski definition) is 2. The summed E-state index contributed by atoms with van der Waals surface area (Å²) in [7, 11) is 4.32. The van der Waals surface area contributed by atoms with Crippen molar-refractivity contribution in [3.8, 4) is 0 Å². The van der Waals surface area contributed by atoms with Gasteiger partial charge in [0.1, 0.15) is 0 Å². The van der Waals surface area contributed by atoms with Gasteiger partial charge >= 0.3 is 0 Å². The summed E-state index contributed by atoms with van der Waals surface area (Å²) in [6.45, 7) is 3.47. The number of hydrogen-bond acceptors (Lipinski definition) is 4. The number of nitrogens with two attached hydrogens (primary N) is 1. The predicted octanol–water partition coefficient (Wildman–Crippen LogP) is 0.112. The minimum atomic E-state index is -0.641. The lowest BCUT2D eigenvalue weighted by atomic mass is 9.95. The van der Waals surface area contributed by atoms with Crippen molar-refractivity contribution >= 4 is 0 Å². The van der Waals surface area contributed by atoms with Crippen LogP contribution in [0.5, 0.6) is 0 Å². The third kappa shape index (κ3) is 3.19. The van der Waals surface area contributed by atoms with Gasteiger partial charge in [0.05, 0.1) is 5.60 Å². The second kappa shape index (κ2) is 5.22. The molecule has 0 radical (unpaired) electrons. The normalized spacial score (nSPS) is 27.4. The molecule has 1 saturated heterocycles. The number of piperidine rings is 1. The quantitative estimate of drug-likeness (QED) is 0.717. The van der Waals surface area contributed by atoms with Crippen molar-refractivity contribution in [1.82, 2.24) is 9.80 Å². The Morgan fingerprint density at radius 3 is 2.35 bits per heavy atom. The second-order valence-corrected chi connectivity index (χ2v) is 6.03. The van der Waals surface area contributed by atoms with Gasteiger partial charge in [-0.2, -0.15) is 0 Å². The monoisotopic (exact) mass is 241 g/mol. The summed E-state index contributed by atoms with van der Waals surface area (Å²) >= 11 is 0. The van der Waals surface area contributed by atoms with Crippen molar-refractivity contribution < 1.29 is 5.11 Å². The van der Waals surface area contributed by atoms with E-state index >= 15 is 0 Å². The Balaban J connectivity index is 1.85. The fourth-order valence-corrected chi connectivity index (χ4v) is 2.98. The maximum Gasteiger partial charge on any atom is 0.0923 e. The van der Waals surface area contributed by atoms with E-state index in [2.05, 4.69) is 23.9 Å². The Morgan fingerprint density at radius 1 is 1.29 bits per heavy atom. The minimum absolute atomic E-state index is 0.397. The molecule has 1 heterocycles. The van der Waals surface area contributed by atoms with Gasteiger partial charge in [-0.15, -0.1) is 0 Å². The van der Waals surface area contributed by atoms with Gasteiger partial charge in [-0.05, 0) is 58.8 Å². The highest BCUT2D eigenvalue weighted by Crippen LogP contribution is 2.39. The molecule has 0 aromatic rings. The molecule has 1 saturated carbocycles. The third-order valence-electron chi connectivity index (χ3n) is 4.53. The Bertz CT molecular complexity index is 249. The summed E-state index contributed by atoms with van der Waals surface area (Å²) in [5, 5.41) is 10.5. The van der Waals surface area contributed by atoms with E-state index in [9.17, 15) is 5.11 Å². The van der Waals surface area contributed by atoms with Crippen LogP contribution in [0.4, 0.5) is 0 Å². The van der Waals surface area contributed by atoms with Crippen molar-refractivity contribution in [3.63, 3.8) is 0 Å². The third-order valence-corrected chi connectivity index (χ3v) is 4.53. The van der Waals surface area contributed by atoms with Crippen LogP contribution >= 0.6 is 0 Å². The Morgan fingerprint density at radius 2 is 1.88 bits per heavy atom. The summed E-state index contributed by atoms with van der Waals surface area (Å²) in [5.74, 6) is 0.446. The van der Waals surface area contributed by atoms with Crippen LogP contribution in [0.2, 0.25) is 0 Å². The summed E-state index contributed by atoms with van der Waals surface area (Å²) in [4.78, 5) is 4.71. The van der Waals surface area contributed by atoms with E-state index in [4.69, 9.17) is 5.73 Å². The first-order chi connectivity index (χ1) is 8.05. The molecule has 0 spiro atoms. The largest absolute Gasteiger partial charge is 0.387 e. The minimum Gasteiger partial charge on any atom is -0.387 e. The van der Waals surface area contributed by atoms with Crippen LogP contribution in [0.3, 0.4) is 0 Å². The molecule has 0 amide bonds. The molecular weight excluding hydrogens is 214 g/mol. The van der Waals surface area contributed by atoms with Crippen LogP contribution in [0.25, 0.3) is 0 Å². The molecule has 2 aliphatic rings. The van der Waals surface area contributed by atoms with Crippen LogP contribution in [-0.2, 0) is 0 Å². The number of likely N-dealkylation sites (tertiary alicyclic amines) is 1. The van der Waals surface area contributed by atoms with E-state index in [1.54, 1.807) is 0 Å². The molecule has 1 aliphatic carbocycles. The van der Waals surface area contributed by atoms with Gasteiger partial charge in [-0.1, -0.05) is 0 Å². The maximum absolute atomic E-state index is 10.5. The van der Waals surface area contributed by atoms with E-state index in [0.717, 1.165) is 19.4 Å². The lowest BCUT2D eigenvalue weighted by Gasteiger charge is -2.39. The van der Waals surface area contributed by atoms with Crippen LogP contribution in [-0.4, -0.2) is 66.8 Å². The number of rotatable bonds is 5. The zero-order chi connectivity index (χ0) is 12.5. The summed E-state index contributed by atoms with van der Waals surface area (Å²) < 4.78 is 0. The molecule has 4 nitrogen and oxygen atoms in total. The van der Waals surface area contributed by atoms with Gasteiger partial charge < -0.3 is 20.6 Å². The highest BCUT2D eigenvalue weighted by Gasteiger charge is 2.44. The first-order valence-corrected chi connectivity index (χ1v) is 6.86. The van der Waals surface area contributed by atoms with E-state index < -0.39 is 5.60 Å². The van der Waals surface area contributed by atoms with Crippen LogP contribution < -0.4 is 5.73 Å². The summed E-state index contributed by atoms with van der Waals surface area (Å²) in [6.07, 6.45) is 4.71.